The van der Waals surface area contributed by atoms with Gasteiger partial charge in [0.1, 0.15) is 12.4 Å². The van der Waals surface area contributed by atoms with Gasteiger partial charge < -0.3 is 10.1 Å². The third-order valence-corrected chi connectivity index (χ3v) is 3.15. The summed E-state index contributed by atoms with van der Waals surface area (Å²) in [6.45, 7) is 5.75. The van der Waals surface area contributed by atoms with Crippen molar-refractivity contribution >= 4 is 5.91 Å². The molecule has 0 saturated carbocycles. The number of rotatable bonds is 1. The highest BCUT2D eigenvalue weighted by Gasteiger charge is 2.31. The molecule has 18 heavy (non-hydrogen) atoms. The summed E-state index contributed by atoms with van der Waals surface area (Å²) in [4.78, 5) is 11.6. The second-order valence-electron chi connectivity index (χ2n) is 5.40. The summed E-state index contributed by atoms with van der Waals surface area (Å²) in [6, 6.07) is 4.60. The summed E-state index contributed by atoms with van der Waals surface area (Å²) in [6.07, 6.45) is 0.555. The molecule has 1 amide bonds. The van der Waals surface area contributed by atoms with E-state index in [1.165, 1.54) is 6.07 Å². The van der Waals surface area contributed by atoms with Crippen LogP contribution in [0.3, 0.4) is 0 Å². The van der Waals surface area contributed by atoms with Crippen molar-refractivity contribution in [3.8, 4) is 0 Å². The van der Waals surface area contributed by atoms with Crippen LogP contribution in [0, 0.1) is 12.7 Å². The Kier molecular flexibility index (Phi) is 3.39. The number of hydrogen-bond donors (Lipinski definition) is 1. The highest BCUT2D eigenvalue weighted by Crippen LogP contribution is 2.30. The zero-order chi connectivity index (χ0) is 13.3. The summed E-state index contributed by atoms with van der Waals surface area (Å²) >= 11 is 0. The van der Waals surface area contributed by atoms with Crippen LogP contribution in [0.4, 0.5) is 4.39 Å². The van der Waals surface area contributed by atoms with Crippen LogP contribution in [0.5, 0.6) is 0 Å². The molecule has 1 aliphatic heterocycles. The maximum absolute atomic E-state index is 13.9. The molecule has 1 fully saturated rings. The van der Waals surface area contributed by atoms with Gasteiger partial charge in [0.05, 0.1) is 11.6 Å². The van der Waals surface area contributed by atoms with Crippen molar-refractivity contribution in [2.75, 3.05) is 6.61 Å². The van der Waals surface area contributed by atoms with Crippen molar-refractivity contribution in [3.05, 3.63) is 35.1 Å². The second-order valence-corrected chi connectivity index (χ2v) is 5.40. The van der Waals surface area contributed by atoms with E-state index < -0.39 is 5.60 Å². The average molecular weight is 251 g/mol. The number of amides is 1. The number of nitrogens with one attached hydrogen (secondary N) is 1. The number of benzene rings is 1. The lowest BCUT2D eigenvalue weighted by molar-refractivity contribution is -0.128. The van der Waals surface area contributed by atoms with Crippen molar-refractivity contribution < 1.29 is 13.9 Å². The molecule has 1 heterocycles. The Morgan fingerprint density at radius 3 is 2.89 bits per heavy atom. The molecule has 1 aromatic carbocycles. The first-order chi connectivity index (χ1) is 8.37. The molecule has 0 spiro atoms. The van der Waals surface area contributed by atoms with E-state index in [1.807, 2.05) is 20.8 Å². The maximum Gasteiger partial charge on any atom is 0.246 e. The molecular formula is C14H18FNO2. The van der Waals surface area contributed by atoms with Gasteiger partial charge in [0, 0.05) is 12.0 Å². The summed E-state index contributed by atoms with van der Waals surface area (Å²) in [5.74, 6) is -0.491. The first-order valence-electron chi connectivity index (χ1n) is 6.07. The lowest BCUT2D eigenvalue weighted by Gasteiger charge is -2.26. The van der Waals surface area contributed by atoms with Gasteiger partial charge in [-0.15, -0.1) is 0 Å². The van der Waals surface area contributed by atoms with Crippen molar-refractivity contribution in [1.29, 1.82) is 0 Å². The summed E-state index contributed by atoms with van der Waals surface area (Å²) in [5, 5.41) is 2.81. The normalized spacial score (nSPS) is 23.3. The molecule has 0 aromatic heterocycles. The molecule has 1 aliphatic rings. The van der Waals surface area contributed by atoms with E-state index >= 15 is 0 Å². The van der Waals surface area contributed by atoms with Crippen molar-refractivity contribution in [2.24, 2.45) is 0 Å². The molecule has 0 bridgehead atoms. The largest absolute Gasteiger partial charge is 0.366 e. The van der Waals surface area contributed by atoms with Gasteiger partial charge in [-0.05, 0) is 26.8 Å². The quantitative estimate of drug-likeness (QED) is 0.832. The molecule has 1 saturated heterocycles. The Morgan fingerprint density at radius 1 is 1.44 bits per heavy atom. The Labute approximate surface area is 106 Å². The molecule has 1 atom stereocenters. The third-order valence-electron chi connectivity index (χ3n) is 3.15. The van der Waals surface area contributed by atoms with Crippen LogP contribution in [-0.4, -0.2) is 18.1 Å². The van der Waals surface area contributed by atoms with Gasteiger partial charge in [0.2, 0.25) is 5.91 Å². The third kappa shape index (κ3) is 2.88. The lowest BCUT2D eigenvalue weighted by atomic mass is 9.93. The van der Waals surface area contributed by atoms with Gasteiger partial charge in [-0.2, -0.15) is 0 Å². The minimum atomic E-state index is -0.444. The van der Waals surface area contributed by atoms with Crippen LogP contribution in [0.1, 0.15) is 37.4 Å². The highest BCUT2D eigenvalue weighted by atomic mass is 19.1. The van der Waals surface area contributed by atoms with Crippen LogP contribution in [-0.2, 0) is 9.53 Å². The molecule has 1 unspecified atom stereocenters. The van der Waals surface area contributed by atoms with Gasteiger partial charge in [0.25, 0.3) is 0 Å². The molecule has 1 N–H and O–H groups in total. The second kappa shape index (κ2) is 4.69. The van der Waals surface area contributed by atoms with Gasteiger partial charge in [-0.25, -0.2) is 4.39 Å². The number of halogens is 1. The Bertz CT molecular complexity index is 471. The smallest absolute Gasteiger partial charge is 0.246 e. The molecule has 3 nitrogen and oxygen atoms in total. The van der Waals surface area contributed by atoms with Gasteiger partial charge in [0.15, 0.2) is 0 Å². The number of ether oxygens (including phenoxy) is 1. The van der Waals surface area contributed by atoms with Gasteiger partial charge >= 0.3 is 0 Å². The van der Waals surface area contributed by atoms with Crippen LogP contribution >= 0.6 is 0 Å². The molecule has 4 heteroatoms. The highest BCUT2D eigenvalue weighted by molar-refractivity contribution is 5.78. The molecule has 0 radical (unpaired) electrons. The first-order valence-corrected chi connectivity index (χ1v) is 6.07. The van der Waals surface area contributed by atoms with E-state index in [9.17, 15) is 9.18 Å². The predicted molar refractivity (Wildman–Crippen MR) is 66.7 cm³/mol. The Hall–Kier alpha value is -1.42. The zero-order valence-electron chi connectivity index (χ0n) is 10.9. The number of carbonyl (C=O) groups is 1. The fourth-order valence-electron chi connectivity index (χ4n) is 2.22. The fourth-order valence-corrected chi connectivity index (χ4v) is 2.22. The van der Waals surface area contributed by atoms with Crippen molar-refractivity contribution in [3.63, 3.8) is 0 Å². The van der Waals surface area contributed by atoms with E-state index in [0.717, 1.165) is 5.56 Å². The van der Waals surface area contributed by atoms with E-state index in [0.29, 0.717) is 12.0 Å². The van der Waals surface area contributed by atoms with Crippen molar-refractivity contribution in [1.82, 2.24) is 5.32 Å². The van der Waals surface area contributed by atoms with Gasteiger partial charge in [-0.1, -0.05) is 17.7 Å². The number of carbonyl (C=O) groups excluding carboxylic acids is 1. The van der Waals surface area contributed by atoms with E-state index in [1.54, 1.807) is 12.1 Å². The minimum Gasteiger partial charge on any atom is -0.366 e. The lowest BCUT2D eigenvalue weighted by Crippen LogP contribution is -2.30. The summed E-state index contributed by atoms with van der Waals surface area (Å²) in [5.41, 5.74) is 1.06. The molecule has 1 aromatic rings. The molecule has 2 rings (SSSR count). The van der Waals surface area contributed by atoms with E-state index in [-0.39, 0.29) is 24.4 Å². The predicted octanol–water partition coefficient (Wildman–Crippen LogP) is 2.49. The maximum atomic E-state index is 13.9. The zero-order valence-corrected chi connectivity index (χ0v) is 10.9. The Balaban J connectivity index is 2.35. The molecular weight excluding hydrogens is 233 g/mol. The Morgan fingerprint density at radius 2 is 2.17 bits per heavy atom. The van der Waals surface area contributed by atoms with E-state index in [2.05, 4.69) is 5.32 Å². The average Bonchev–Trinajstić information content (AvgIpc) is 2.41. The molecule has 0 aliphatic carbocycles. The van der Waals surface area contributed by atoms with Crippen LogP contribution in [0.15, 0.2) is 18.2 Å². The SMILES string of the molecule is Cc1ccc(F)c(C2CC(C)(C)OCC(=O)N2)c1. The number of hydrogen-bond acceptors (Lipinski definition) is 2. The monoisotopic (exact) mass is 251 g/mol. The first kappa shape index (κ1) is 13.0. The fraction of sp³-hybridized carbons (Fsp3) is 0.500. The number of aryl methyl sites for hydroxylation is 1. The standard InChI is InChI=1S/C14H18FNO2/c1-9-4-5-11(15)10(6-9)12-7-14(2,3)18-8-13(17)16-12/h4-6,12H,7-8H2,1-3H3,(H,16,17). The topological polar surface area (TPSA) is 38.3 Å². The minimum absolute atomic E-state index is 0.0247. The van der Waals surface area contributed by atoms with E-state index in [4.69, 9.17) is 4.74 Å². The van der Waals surface area contributed by atoms with Crippen LogP contribution in [0.25, 0.3) is 0 Å². The van der Waals surface area contributed by atoms with Crippen LogP contribution in [0.2, 0.25) is 0 Å². The van der Waals surface area contributed by atoms with Crippen LogP contribution < -0.4 is 5.32 Å². The summed E-state index contributed by atoms with van der Waals surface area (Å²) < 4.78 is 19.4. The molecule has 98 valence electrons. The summed E-state index contributed by atoms with van der Waals surface area (Å²) in [7, 11) is 0. The van der Waals surface area contributed by atoms with Gasteiger partial charge in [-0.3, -0.25) is 4.79 Å². The van der Waals surface area contributed by atoms with Crippen molar-refractivity contribution in [2.45, 2.75) is 38.8 Å².